The quantitative estimate of drug-likeness (QED) is 0.248. The van der Waals surface area contributed by atoms with Crippen molar-refractivity contribution in [2.75, 3.05) is 10.7 Å². The topological polar surface area (TPSA) is 182 Å². The fraction of sp³-hybridized carbons (Fsp3) is 0.100. The summed E-state index contributed by atoms with van der Waals surface area (Å²) in [5.41, 5.74) is 5.54. The van der Waals surface area contributed by atoms with Crippen LogP contribution in [0, 0.1) is 20.2 Å². The zero-order chi connectivity index (χ0) is 24.0. The van der Waals surface area contributed by atoms with Gasteiger partial charge in [0.15, 0.2) is 5.78 Å². The van der Waals surface area contributed by atoms with E-state index in [1.807, 2.05) is 0 Å². The van der Waals surface area contributed by atoms with Crippen LogP contribution >= 0.6 is 0 Å². The Hall–Kier alpha value is -4.94. The molecule has 0 fully saturated rings. The fourth-order valence-corrected chi connectivity index (χ4v) is 2.75. The second-order valence-corrected chi connectivity index (χ2v) is 6.71. The summed E-state index contributed by atoms with van der Waals surface area (Å²) in [5.74, 6) is -1.05. The number of non-ortho nitro benzene ring substituents is 1. The molecular weight excluding hydrogens is 434 g/mol. The SMILES string of the molecule is CC(=O)c1ccc(Nc2ncnc(NNC(=O)Cc3ccc([N+](=O)[O-])cc3)c2[N+](=O)[O-])cc1. The molecule has 0 saturated heterocycles. The lowest BCUT2D eigenvalue weighted by molar-refractivity contribution is -0.384. The van der Waals surface area contributed by atoms with Gasteiger partial charge in [-0.05, 0) is 36.8 Å². The second-order valence-electron chi connectivity index (χ2n) is 6.71. The third-order valence-corrected chi connectivity index (χ3v) is 4.39. The summed E-state index contributed by atoms with van der Waals surface area (Å²) in [5, 5.41) is 25.1. The minimum Gasteiger partial charge on any atom is -0.334 e. The molecule has 1 aromatic heterocycles. The molecule has 13 heteroatoms. The van der Waals surface area contributed by atoms with Gasteiger partial charge in [0.25, 0.3) is 5.69 Å². The van der Waals surface area contributed by atoms with Gasteiger partial charge >= 0.3 is 5.69 Å². The van der Waals surface area contributed by atoms with Crippen LogP contribution in [-0.4, -0.2) is 31.5 Å². The molecule has 0 aliphatic carbocycles. The van der Waals surface area contributed by atoms with Crippen molar-refractivity contribution in [1.82, 2.24) is 15.4 Å². The van der Waals surface area contributed by atoms with Gasteiger partial charge in [-0.1, -0.05) is 12.1 Å². The molecule has 0 atom stereocenters. The molecule has 0 aliphatic heterocycles. The van der Waals surface area contributed by atoms with Gasteiger partial charge in [-0.2, -0.15) is 0 Å². The van der Waals surface area contributed by atoms with Crippen LogP contribution in [0.3, 0.4) is 0 Å². The summed E-state index contributed by atoms with van der Waals surface area (Å²) in [6, 6.07) is 11.7. The number of nitro groups is 2. The van der Waals surface area contributed by atoms with E-state index in [2.05, 4.69) is 26.1 Å². The Morgan fingerprint density at radius 1 is 0.909 bits per heavy atom. The molecule has 1 heterocycles. The Bertz CT molecular complexity index is 1210. The number of anilines is 3. The Kier molecular flexibility index (Phi) is 6.83. The number of aromatic nitrogens is 2. The summed E-state index contributed by atoms with van der Waals surface area (Å²) in [4.78, 5) is 52.3. The Morgan fingerprint density at radius 2 is 1.55 bits per heavy atom. The maximum Gasteiger partial charge on any atom is 0.355 e. The fourth-order valence-electron chi connectivity index (χ4n) is 2.75. The molecule has 0 bridgehead atoms. The molecule has 168 valence electrons. The largest absolute Gasteiger partial charge is 0.355 e. The van der Waals surface area contributed by atoms with Crippen LogP contribution in [0.4, 0.5) is 28.7 Å². The summed E-state index contributed by atoms with van der Waals surface area (Å²) in [6.07, 6.45) is 0.946. The number of carbonyl (C=O) groups is 2. The third-order valence-electron chi connectivity index (χ3n) is 4.39. The second kappa shape index (κ2) is 9.91. The number of nitrogens with one attached hydrogen (secondary N) is 3. The molecule has 0 aliphatic rings. The molecule has 3 aromatic rings. The first-order chi connectivity index (χ1) is 15.7. The molecule has 0 saturated carbocycles. The number of benzene rings is 2. The number of rotatable bonds is 9. The number of Topliss-reactive ketones (excluding diaryl/α,β-unsaturated/α-hetero) is 1. The number of hydrogen-bond donors (Lipinski definition) is 3. The van der Waals surface area contributed by atoms with E-state index in [4.69, 9.17) is 0 Å². The van der Waals surface area contributed by atoms with Crippen molar-refractivity contribution in [3.63, 3.8) is 0 Å². The van der Waals surface area contributed by atoms with Gasteiger partial charge in [-0.25, -0.2) is 9.97 Å². The van der Waals surface area contributed by atoms with Crippen molar-refractivity contribution in [2.45, 2.75) is 13.3 Å². The average Bonchev–Trinajstić information content (AvgIpc) is 2.78. The van der Waals surface area contributed by atoms with Crippen LogP contribution in [0.25, 0.3) is 0 Å². The van der Waals surface area contributed by atoms with Crippen molar-refractivity contribution in [1.29, 1.82) is 0 Å². The van der Waals surface area contributed by atoms with E-state index in [1.165, 1.54) is 31.2 Å². The van der Waals surface area contributed by atoms with E-state index >= 15 is 0 Å². The van der Waals surface area contributed by atoms with Crippen molar-refractivity contribution in [2.24, 2.45) is 0 Å². The first kappa shape index (κ1) is 22.7. The van der Waals surface area contributed by atoms with Gasteiger partial charge in [0.2, 0.25) is 17.5 Å². The highest BCUT2D eigenvalue weighted by molar-refractivity contribution is 5.94. The summed E-state index contributed by atoms with van der Waals surface area (Å²) in [7, 11) is 0. The monoisotopic (exact) mass is 451 g/mol. The number of amides is 1. The predicted molar refractivity (Wildman–Crippen MR) is 117 cm³/mol. The van der Waals surface area contributed by atoms with Crippen LogP contribution in [0.1, 0.15) is 22.8 Å². The van der Waals surface area contributed by atoms with Gasteiger partial charge in [-0.3, -0.25) is 40.7 Å². The van der Waals surface area contributed by atoms with Crippen LogP contribution < -0.4 is 16.2 Å². The van der Waals surface area contributed by atoms with E-state index in [1.54, 1.807) is 24.3 Å². The first-order valence-electron chi connectivity index (χ1n) is 9.40. The van der Waals surface area contributed by atoms with E-state index in [-0.39, 0.29) is 29.5 Å². The molecular formula is C20H17N7O6. The van der Waals surface area contributed by atoms with E-state index in [0.29, 0.717) is 16.8 Å². The van der Waals surface area contributed by atoms with Crippen LogP contribution in [0.5, 0.6) is 0 Å². The standard InChI is InChI=1S/C20H17N7O6/c1-12(28)14-4-6-15(7-5-14)23-19-18(27(32)33)20(22-11-21-19)25-24-17(29)10-13-2-8-16(9-3-13)26(30)31/h2-9,11H,10H2,1H3,(H,24,29)(H2,21,22,23,25). The van der Waals surface area contributed by atoms with E-state index in [9.17, 15) is 29.8 Å². The Labute approximate surface area is 186 Å². The molecule has 1 amide bonds. The normalized spacial score (nSPS) is 10.2. The van der Waals surface area contributed by atoms with Crippen LogP contribution in [0.2, 0.25) is 0 Å². The predicted octanol–water partition coefficient (Wildman–Crippen LogP) is 2.93. The zero-order valence-corrected chi connectivity index (χ0v) is 17.1. The molecule has 3 rings (SSSR count). The lowest BCUT2D eigenvalue weighted by atomic mass is 10.1. The maximum absolute atomic E-state index is 12.2. The minimum atomic E-state index is -0.711. The van der Waals surface area contributed by atoms with Crippen LogP contribution in [-0.2, 0) is 11.2 Å². The third kappa shape index (κ3) is 5.81. The van der Waals surface area contributed by atoms with Crippen LogP contribution in [0.15, 0.2) is 54.9 Å². The highest BCUT2D eigenvalue weighted by Crippen LogP contribution is 2.30. The highest BCUT2D eigenvalue weighted by atomic mass is 16.6. The lowest BCUT2D eigenvalue weighted by Gasteiger charge is -2.11. The molecule has 2 aromatic carbocycles. The lowest BCUT2D eigenvalue weighted by Crippen LogP contribution is -2.31. The maximum atomic E-state index is 12.2. The molecule has 0 radical (unpaired) electrons. The van der Waals surface area contributed by atoms with Crippen molar-refractivity contribution >= 4 is 40.4 Å². The number of nitro benzene ring substituents is 1. The van der Waals surface area contributed by atoms with Gasteiger partial charge in [0, 0.05) is 23.4 Å². The summed E-state index contributed by atoms with van der Waals surface area (Å²) >= 11 is 0. The summed E-state index contributed by atoms with van der Waals surface area (Å²) < 4.78 is 0. The van der Waals surface area contributed by atoms with Crippen molar-refractivity contribution < 1.29 is 19.4 Å². The first-order valence-corrected chi connectivity index (χ1v) is 9.40. The van der Waals surface area contributed by atoms with E-state index < -0.39 is 21.4 Å². The van der Waals surface area contributed by atoms with Crippen molar-refractivity contribution in [3.05, 3.63) is 86.2 Å². The minimum absolute atomic E-state index is 0.107. The number of ketones is 1. The molecule has 0 unspecified atom stereocenters. The molecule has 0 spiro atoms. The molecule has 13 nitrogen and oxygen atoms in total. The summed E-state index contributed by atoms with van der Waals surface area (Å²) in [6.45, 7) is 1.42. The smallest absolute Gasteiger partial charge is 0.334 e. The van der Waals surface area contributed by atoms with Gasteiger partial charge < -0.3 is 5.32 Å². The van der Waals surface area contributed by atoms with Gasteiger partial charge in [-0.15, -0.1) is 0 Å². The molecule has 33 heavy (non-hydrogen) atoms. The molecule has 3 N–H and O–H groups in total. The Morgan fingerprint density at radius 3 is 2.12 bits per heavy atom. The number of nitrogens with zero attached hydrogens (tertiary/aromatic N) is 4. The van der Waals surface area contributed by atoms with Crippen molar-refractivity contribution in [3.8, 4) is 0 Å². The number of hydrazine groups is 1. The zero-order valence-electron chi connectivity index (χ0n) is 17.1. The highest BCUT2D eigenvalue weighted by Gasteiger charge is 2.23. The number of hydrogen-bond acceptors (Lipinski definition) is 10. The van der Waals surface area contributed by atoms with Gasteiger partial charge in [0.1, 0.15) is 6.33 Å². The Balaban J connectivity index is 1.71. The average molecular weight is 451 g/mol. The van der Waals surface area contributed by atoms with Gasteiger partial charge in [0.05, 0.1) is 16.3 Å². The van der Waals surface area contributed by atoms with E-state index in [0.717, 1.165) is 6.33 Å². The number of carbonyl (C=O) groups excluding carboxylic acids is 2.